The van der Waals surface area contributed by atoms with Crippen LogP contribution < -0.4 is 5.06 Å². The monoisotopic (exact) mass is 240 g/mol. The van der Waals surface area contributed by atoms with Crippen molar-refractivity contribution in [3.8, 4) is 0 Å². The van der Waals surface area contributed by atoms with E-state index in [9.17, 15) is 10.1 Å². The molecule has 0 bridgehead atoms. The summed E-state index contributed by atoms with van der Waals surface area (Å²) >= 11 is 1.36. The molecule has 1 fully saturated rings. The van der Waals surface area contributed by atoms with Gasteiger partial charge in [-0.1, -0.05) is 11.3 Å². The molecule has 3 heterocycles. The fourth-order valence-corrected chi connectivity index (χ4v) is 2.42. The molecule has 1 aliphatic rings. The quantitative estimate of drug-likeness (QED) is 0.586. The third kappa shape index (κ3) is 1.27. The van der Waals surface area contributed by atoms with Crippen LogP contribution >= 0.6 is 11.3 Å². The zero-order valence-electron chi connectivity index (χ0n) is 8.20. The predicted molar refractivity (Wildman–Crippen MR) is 57.6 cm³/mol. The Kier molecular flexibility index (Phi) is 2.04. The van der Waals surface area contributed by atoms with Crippen LogP contribution in [0, 0.1) is 10.1 Å². The van der Waals surface area contributed by atoms with Crippen LogP contribution in [0.3, 0.4) is 0 Å². The van der Waals surface area contributed by atoms with Gasteiger partial charge in [0.15, 0.2) is 0 Å². The molecule has 0 amide bonds. The molecule has 2 aromatic heterocycles. The van der Waals surface area contributed by atoms with Crippen molar-refractivity contribution in [1.29, 1.82) is 0 Å². The number of hydrogen-bond acceptors (Lipinski definition) is 6. The molecule has 1 saturated heterocycles. The molecule has 1 aliphatic heterocycles. The lowest BCUT2D eigenvalue weighted by atomic mass is 10.5. The Morgan fingerprint density at radius 2 is 2.50 bits per heavy atom. The smallest absolute Gasteiger partial charge is 0.358 e. The van der Waals surface area contributed by atoms with Crippen molar-refractivity contribution in [2.45, 2.75) is 6.42 Å². The number of imidazole rings is 1. The Morgan fingerprint density at radius 3 is 3.19 bits per heavy atom. The second-order valence-electron chi connectivity index (χ2n) is 3.36. The van der Waals surface area contributed by atoms with Crippen molar-refractivity contribution < 1.29 is 9.76 Å². The summed E-state index contributed by atoms with van der Waals surface area (Å²) in [6.45, 7) is 1.23. The topological polar surface area (TPSA) is 72.9 Å². The lowest BCUT2D eigenvalue weighted by molar-refractivity contribution is -0.389. The summed E-state index contributed by atoms with van der Waals surface area (Å²) in [6.07, 6.45) is 2.51. The van der Waals surface area contributed by atoms with Crippen LogP contribution in [-0.4, -0.2) is 27.5 Å². The summed E-state index contributed by atoms with van der Waals surface area (Å²) < 4.78 is 1.47. The summed E-state index contributed by atoms with van der Waals surface area (Å²) in [5.74, 6) is 0.271. The second kappa shape index (κ2) is 3.42. The highest BCUT2D eigenvalue weighted by Gasteiger charge is 2.30. The fraction of sp³-hybridized carbons (Fsp3) is 0.375. The lowest BCUT2D eigenvalue weighted by Crippen LogP contribution is -2.17. The zero-order valence-corrected chi connectivity index (χ0v) is 9.01. The van der Waals surface area contributed by atoms with Crippen molar-refractivity contribution in [2.24, 2.45) is 0 Å². The van der Waals surface area contributed by atoms with Crippen molar-refractivity contribution >= 4 is 27.9 Å². The van der Waals surface area contributed by atoms with Gasteiger partial charge in [0.1, 0.15) is 6.20 Å². The van der Waals surface area contributed by atoms with E-state index in [0.29, 0.717) is 23.9 Å². The summed E-state index contributed by atoms with van der Waals surface area (Å²) in [5.41, 5.74) is 0. The molecule has 0 radical (unpaired) electrons. The first kappa shape index (κ1) is 9.55. The van der Waals surface area contributed by atoms with Gasteiger partial charge in [-0.25, -0.2) is 5.06 Å². The van der Waals surface area contributed by atoms with E-state index < -0.39 is 4.92 Å². The highest BCUT2D eigenvalue weighted by Crippen LogP contribution is 2.32. The number of nitrogens with zero attached hydrogens (tertiary/aromatic N) is 4. The third-order valence-corrected chi connectivity index (χ3v) is 3.14. The normalized spacial score (nSPS) is 16.1. The van der Waals surface area contributed by atoms with Crippen molar-refractivity contribution in [2.75, 3.05) is 18.2 Å². The standard InChI is InChI=1S/C8H8N4O3S/c13-12(14)7-6(11-2-1-4-15-11)9-8-10(7)3-5-16-8/h3,5H,1-2,4H2. The highest BCUT2D eigenvalue weighted by molar-refractivity contribution is 7.15. The van der Waals surface area contributed by atoms with Gasteiger partial charge >= 0.3 is 5.82 Å². The van der Waals surface area contributed by atoms with Crippen LogP contribution in [0.4, 0.5) is 11.6 Å². The van der Waals surface area contributed by atoms with Crippen molar-refractivity contribution in [3.63, 3.8) is 0 Å². The summed E-state index contributed by atoms with van der Waals surface area (Å²) in [7, 11) is 0. The Bertz CT molecular complexity index is 542. The Balaban J connectivity index is 2.18. The average Bonchev–Trinajstić information content (AvgIpc) is 2.92. The summed E-state index contributed by atoms with van der Waals surface area (Å²) in [5, 5.41) is 14.3. The highest BCUT2D eigenvalue weighted by atomic mass is 32.1. The van der Waals surface area contributed by atoms with Crippen LogP contribution in [-0.2, 0) is 4.84 Å². The molecule has 2 aromatic rings. The average molecular weight is 240 g/mol. The summed E-state index contributed by atoms with van der Waals surface area (Å²) in [6, 6.07) is 0. The maximum atomic E-state index is 11.0. The van der Waals surface area contributed by atoms with Gasteiger partial charge in [-0.2, -0.15) is 9.38 Å². The van der Waals surface area contributed by atoms with E-state index in [4.69, 9.17) is 4.84 Å². The first-order chi connectivity index (χ1) is 7.77. The molecule has 0 saturated carbocycles. The van der Waals surface area contributed by atoms with E-state index in [1.807, 2.05) is 0 Å². The Hall–Kier alpha value is -1.67. The first-order valence-electron chi connectivity index (χ1n) is 4.78. The van der Waals surface area contributed by atoms with Crippen LogP contribution in [0.1, 0.15) is 6.42 Å². The molecule has 0 N–H and O–H groups in total. The van der Waals surface area contributed by atoms with E-state index in [1.165, 1.54) is 20.8 Å². The maximum absolute atomic E-state index is 11.0. The molecule has 0 aliphatic carbocycles. The molecule has 0 atom stereocenters. The molecular weight excluding hydrogens is 232 g/mol. The molecule has 3 rings (SSSR count). The number of aromatic nitrogens is 2. The predicted octanol–water partition coefficient (Wildman–Crippen LogP) is 1.45. The largest absolute Gasteiger partial charge is 0.375 e. The minimum Gasteiger partial charge on any atom is -0.358 e. The Morgan fingerprint density at radius 1 is 1.62 bits per heavy atom. The number of thiazole rings is 1. The van der Waals surface area contributed by atoms with Crippen LogP contribution in [0.5, 0.6) is 0 Å². The first-order valence-corrected chi connectivity index (χ1v) is 5.66. The fourth-order valence-electron chi connectivity index (χ4n) is 1.71. The number of anilines is 1. The van der Waals surface area contributed by atoms with E-state index >= 15 is 0 Å². The van der Waals surface area contributed by atoms with E-state index in [0.717, 1.165) is 6.42 Å². The van der Waals surface area contributed by atoms with Crippen molar-refractivity contribution in [3.05, 3.63) is 21.7 Å². The number of rotatable bonds is 2. The molecule has 0 unspecified atom stereocenters. The van der Waals surface area contributed by atoms with Gasteiger partial charge in [-0.3, -0.25) is 4.84 Å². The van der Waals surface area contributed by atoms with Gasteiger partial charge < -0.3 is 10.1 Å². The molecule has 84 valence electrons. The van der Waals surface area contributed by atoms with Gasteiger partial charge in [-0.05, 0) is 11.3 Å². The zero-order chi connectivity index (χ0) is 11.1. The van der Waals surface area contributed by atoms with E-state index in [2.05, 4.69) is 4.98 Å². The number of fused-ring (bicyclic) bond motifs is 1. The summed E-state index contributed by atoms with van der Waals surface area (Å²) in [4.78, 5) is 20.7. The minimum atomic E-state index is -0.427. The van der Waals surface area contributed by atoms with Gasteiger partial charge in [0, 0.05) is 11.9 Å². The van der Waals surface area contributed by atoms with Gasteiger partial charge in [0.05, 0.1) is 6.61 Å². The molecule has 7 nitrogen and oxygen atoms in total. The number of hydroxylamine groups is 1. The molecule has 16 heavy (non-hydrogen) atoms. The van der Waals surface area contributed by atoms with E-state index in [-0.39, 0.29) is 5.82 Å². The number of hydrogen-bond donors (Lipinski definition) is 0. The second-order valence-corrected chi connectivity index (χ2v) is 4.23. The molecule has 8 heteroatoms. The van der Waals surface area contributed by atoms with Crippen molar-refractivity contribution in [1.82, 2.24) is 9.38 Å². The molecule has 0 aromatic carbocycles. The van der Waals surface area contributed by atoms with Crippen LogP contribution in [0.2, 0.25) is 0 Å². The number of nitro groups is 1. The van der Waals surface area contributed by atoms with Gasteiger partial charge in [-0.15, -0.1) is 0 Å². The lowest BCUT2D eigenvalue weighted by Gasteiger charge is -2.11. The van der Waals surface area contributed by atoms with Gasteiger partial charge in [0.2, 0.25) is 0 Å². The van der Waals surface area contributed by atoms with Gasteiger partial charge in [0.25, 0.3) is 10.8 Å². The maximum Gasteiger partial charge on any atom is 0.375 e. The molecular formula is C8H8N4O3S. The molecule has 0 spiro atoms. The third-order valence-electron chi connectivity index (χ3n) is 2.38. The minimum absolute atomic E-state index is 0.0295. The van der Waals surface area contributed by atoms with Crippen LogP contribution in [0.15, 0.2) is 11.6 Å². The van der Waals surface area contributed by atoms with E-state index in [1.54, 1.807) is 11.6 Å². The SMILES string of the molecule is O=[N+]([O-])c1c(N2CCCO2)nc2sccn12. The Labute approximate surface area is 94.0 Å². The van der Waals surface area contributed by atoms with Crippen LogP contribution in [0.25, 0.3) is 4.96 Å².